The molecule has 0 spiro atoms. The number of guanidine groups is 1. The molecule has 2 N–H and O–H groups in total. The first-order valence-electron chi connectivity index (χ1n) is 11.2. The SMILES string of the molecule is CN=C(NCc1ccccc1OCCN(C)C)NC(C)c1cccc(N2CCCC2)c1.I. The van der Waals surface area contributed by atoms with Crippen LogP contribution in [0.5, 0.6) is 5.75 Å². The van der Waals surface area contributed by atoms with E-state index in [0.29, 0.717) is 13.2 Å². The maximum Gasteiger partial charge on any atom is 0.191 e. The third kappa shape index (κ3) is 7.85. The molecule has 32 heavy (non-hydrogen) atoms. The summed E-state index contributed by atoms with van der Waals surface area (Å²) in [5, 5.41) is 6.96. The van der Waals surface area contributed by atoms with E-state index in [1.165, 1.54) is 24.1 Å². The minimum Gasteiger partial charge on any atom is -0.492 e. The van der Waals surface area contributed by atoms with Gasteiger partial charge in [0, 0.05) is 44.5 Å². The highest BCUT2D eigenvalue weighted by Gasteiger charge is 2.15. The Morgan fingerprint density at radius 3 is 2.59 bits per heavy atom. The Hall–Kier alpha value is -2.00. The molecule has 0 radical (unpaired) electrons. The van der Waals surface area contributed by atoms with Crippen LogP contribution in [0.3, 0.4) is 0 Å². The molecule has 3 rings (SSSR count). The Morgan fingerprint density at radius 1 is 1.12 bits per heavy atom. The molecule has 1 aliphatic rings. The van der Waals surface area contributed by atoms with Crippen molar-refractivity contribution in [3.8, 4) is 5.75 Å². The zero-order valence-electron chi connectivity index (χ0n) is 19.8. The van der Waals surface area contributed by atoms with Gasteiger partial charge in [0.2, 0.25) is 0 Å². The second-order valence-corrected chi connectivity index (χ2v) is 8.34. The van der Waals surface area contributed by atoms with Crippen LogP contribution in [0.4, 0.5) is 5.69 Å². The first-order chi connectivity index (χ1) is 15.1. The molecule has 1 unspecified atom stereocenters. The van der Waals surface area contributed by atoms with E-state index in [1.54, 1.807) is 0 Å². The highest BCUT2D eigenvalue weighted by atomic mass is 127. The Morgan fingerprint density at radius 2 is 1.88 bits per heavy atom. The van der Waals surface area contributed by atoms with Crippen LogP contribution < -0.4 is 20.3 Å². The summed E-state index contributed by atoms with van der Waals surface area (Å²) in [7, 11) is 5.91. The molecule has 7 heteroatoms. The maximum atomic E-state index is 5.98. The van der Waals surface area contributed by atoms with E-state index in [-0.39, 0.29) is 30.0 Å². The number of anilines is 1. The van der Waals surface area contributed by atoms with E-state index in [4.69, 9.17) is 4.74 Å². The summed E-state index contributed by atoms with van der Waals surface area (Å²) in [6.07, 6.45) is 2.57. The second-order valence-electron chi connectivity index (χ2n) is 8.34. The van der Waals surface area contributed by atoms with Gasteiger partial charge in [-0.2, -0.15) is 0 Å². The van der Waals surface area contributed by atoms with Gasteiger partial charge in [-0.1, -0.05) is 30.3 Å². The van der Waals surface area contributed by atoms with Crippen LogP contribution in [0, 0.1) is 0 Å². The standard InChI is InChI=1S/C25H37N5O.HI/c1-20(21-11-9-12-23(18-21)30-14-7-8-15-30)28-25(26-2)27-19-22-10-5-6-13-24(22)31-17-16-29(3)4;/h5-6,9-13,18,20H,7-8,14-17,19H2,1-4H3,(H2,26,27,28);1H. The number of ether oxygens (including phenoxy) is 1. The van der Waals surface area contributed by atoms with E-state index in [9.17, 15) is 0 Å². The van der Waals surface area contributed by atoms with Crippen molar-refractivity contribution in [3.05, 3.63) is 59.7 Å². The molecule has 0 bridgehead atoms. The van der Waals surface area contributed by atoms with Crippen molar-refractivity contribution < 1.29 is 4.74 Å². The van der Waals surface area contributed by atoms with Crippen LogP contribution in [0.2, 0.25) is 0 Å². The van der Waals surface area contributed by atoms with Crippen molar-refractivity contribution in [3.63, 3.8) is 0 Å². The molecule has 0 aliphatic carbocycles. The monoisotopic (exact) mass is 551 g/mol. The van der Waals surface area contributed by atoms with Crippen molar-refractivity contribution >= 4 is 35.6 Å². The number of nitrogens with one attached hydrogen (secondary N) is 2. The van der Waals surface area contributed by atoms with Gasteiger partial charge in [-0.3, -0.25) is 4.99 Å². The molecule has 2 aromatic rings. The quantitative estimate of drug-likeness (QED) is 0.277. The van der Waals surface area contributed by atoms with E-state index in [0.717, 1.165) is 36.9 Å². The Kier molecular flexibility index (Phi) is 11.1. The van der Waals surface area contributed by atoms with Crippen molar-refractivity contribution in [1.29, 1.82) is 0 Å². The number of aliphatic imine (C=N–C) groups is 1. The smallest absolute Gasteiger partial charge is 0.191 e. The van der Waals surface area contributed by atoms with Gasteiger partial charge in [-0.25, -0.2) is 0 Å². The van der Waals surface area contributed by atoms with E-state index >= 15 is 0 Å². The largest absolute Gasteiger partial charge is 0.492 e. The number of nitrogens with zero attached hydrogens (tertiary/aromatic N) is 3. The normalized spacial score (nSPS) is 14.8. The van der Waals surface area contributed by atoms with Gasteiger partial charge < -0.3 is 25.2 Å². The van der Waals surface area contributed by atoms with Gasteiger partial charge >= 0.3 is 0 Å². The third-order valence-corrected chi connectivity index (χ3v) is 5.63. The number of hydrogen-bond acceptors (Lipinski definition) is 4. The highest BCUT2D eigenvalue weighted by Crippen LogP contribution is 2.24. The first kappa shape index (κ1) is 26.3. The fraction of sp³-hybridized carbons (Fsp3) is 0.480. The summed E-state index contributed by atoms with van der Waals surface area (Å²) in [5.41, 5.74) is 3.70. The molecular formula is C25H38IN5O. The zero-order valence-corrected chi connectivity index (χ0v) is 22.1. The van der Waals surface area contributed by atoms with Crippen LogP contribution >= 0.6 is 24.0 Å². The number of likely N-dealkylation sites (N-methyl/N-ethyl adjacent to an activating group) is 1. The molecular weight excluding hydrogens is 513 g/mol. The van der Waals surface area contributed by atoms with Crippen LogP contribution in [0.15, 0.2) is 53.5 Å². The summed E-state index contributed by atoms with van der Waals surface area (Å²) >= 11 is 0. The molecule has 6 nitrogen and oxygen atoms in total. The average molecular weight is 552 g/mol. The van der Waals surface area contributed by atoms with Crippen molar-refractivity contribution in [1.82, 2.24) is 15.5 Å². The van der Waals surface area contributed by atoms with E-state index < -0.39 is 0 Å². The minimum atomic E-state index is 0. The van der Waals surface area contributed by atoms with Crippen LogP contribution in [-0.4, -0.2) is 58.2 Å². The predicted molar refractivity (Wildman–Crippen MR) is 146 cm³/mol. The summed E-state index contributed by atoms with van der Waals surface area (Å²) in [6, 6.07) is 17.2. The van der Waals surface area contributed by atoms with Crippen molar-refractivity contribution in [2.75, 3.05) is 52.3 Å². The molecule has 1 fully saturated rings. The molecule has 2 aromatic carbocycles. The van der Waals surface area contributed by atoms with Gasteiger partial charge in [-0.15, -0.1) is 24.0 Å². The molecule has 176 valence electrons. The lowest BCUT2D eigenvalue weighted by atomic mass is 10.1. The van der Waals surface area contributed by atoms with E-state index in [1.807, 2.05) is 25.2 Å². The van der Waals surface area contributed by atoms with Gasteiger partial charge in [0.1, 0.15) is 12.4 Å². The molecule has 1 heterocycles. The van der Waals surface area contributed by atoms with Crippen LogP contribution in [0.1, 0.15) is 36.9 Å². The molecule has 1 atom stereocenters. The summed E-state index contributed by atoms with van der Waals surface area (Å²) < 4.78 is 5.98. The number of rotatable bonds is 9. The molecule has 1 saturated heterocycles. The molecule has 0 saturated carbocycles. The zero-order chi connectivity index (χ0) is 22.1. The lowest BCUT2D eigenvalue weighted by Crippen LogP contribution is -2.38. The fourth-order valence-corrected chi connectivity index (χ4v) is 3.76. The Balaban J connectivity index is 0.00000363. The van der Waals surface area contributed by atoms with Gasteiger partial charge in [0.15, 0.2) is 5.96 Å². The topological polar surface area (TPSA) is 52.1 Å². The predicted octanol–water partition coefficient (Wildman–Crippen LogP) is 4.27. The average Bonchev–Trinajstić information content (AvgIpc) is 3.32. The van der Waals surface area contributed by atoms with Gasteiger partial charge in [0.25, 0.3) is 0 Å². The lowest BCUT2D eigenvalue weighted by molar-refractivity contribution is 0.259. The summed E-state index contributed by atoms with van der Waals surface area (Å²) in [5.74, 6) is 1.70. The fourth-order valence-electron chi connectivity index (χ4n) is 3.76. The Bertz CT molecular complexity index is 852. The first-order valence-corrected chi connectivity index (χ1v) is 11.2. The van der Waals surface area contributed by atoms with Crippen LogP contribution in [-0.2, 0) is 6.54 Å². The van der Waals surface area contributed by atoms with Crippen molar-refractivity contribution in [2.45, 2.75) is 32.4 Å². The molecule has 0 amide bonds. The summed E-state index contributed by atoms with van der Waals surface area (Å²) in [6.45, 7) is 6.70. The van der Waals surface area contributed by atoms with Crippen molar-refractivity contribution in [2.24, 2.45) is 4.99 Å². The Labute approximate surface area is 210 Å². The highest BCUT2D eigenvalue weighted by molar-refractivity contribution is 14.0. The lowest BCUT2D eigenvalue weighted by Gasteiger charge is -2.22. The number of hydrogen-bond donors (Lipinski definition) is 2. The number of para-hydroxylation sites is 1. The van der Waals surface area contributed by atoms with Gasteiger partial charge in [-0.05, 0) is 57.6 Å². The minimum absolute atomic E-state index is 0. The van der Waals surface area contributed by atoms with Crippen LogP contribution in [0.25, 0.3) is 0 Å². The molecule has 0 aromatic heterocycles. The summed E-state index contributed by atoms with van der Waals surface area (Å²) in [4.78, 5) is 9.01. The number of benzene rings is 2. The second kappa shape index (κ2) is 13.5. The third-order valence-electron chi connectivity index (χ3n) is 5.63. The maximum absolute atomic E-state index is 5.98. The van der Waals surface area contributed by atoms with E-state index in [2.05, 4.69) is 76.8 Å². The number of halogens is 1. The molecule has 1 aliphatic heterocycles. The van der Waals surface area contributed by atoms with Gasteiger partial charge in [0.05, 0.1) is 6.04 Å².